The number of aromatic nitrogens is 5. The summed E-state index contributed by atoms with van der Waals surface area (Å²) in [6, 6.07) is 11.2. The highest BCUT2D eigenvalue weighted by atomic mass is 16.2. The molecule has 29 heavy (non-hydrogen) atoms. The molecule has 148 valence electrons. The zero-order valence-corrected chi connectivity index (χ0v) is 16.7. The van der Waals surface area contributed by atoms with Crippen LogP contribution in [0.2, 0.25) is 0 Å². The Morgan fingerprint density at radius 3 is 2.55 bits per heavy atom. The van der Waals surface area contributed by atoms with Crippen LogP contribution in [0.4, 0.5) is 5.69 Å². The predicted octanol–water partition coefficient (Wildman–Crippen LogP) is 3.06. The van der Waals surface area contributed by atoms with Gasteiger partial charge in [-0.15, -0.1) is 0 Å². The highest BCUT2D eigenvalue weighted by Gasteiger charge is 2.19. The fraction of sp³-hybridized carbons (Fsp3) is 0.238. The third kappa shape index (κ3) is 3.12. The minimum Gasteiger partial charge on any atom is -0.316 e. The summed E-state index contributed by atoms with van der Waals surface area (Å²) < 4.78 is 5.05. The topological polar surface area (TPSA) is 86.7 Å². The molecular weight excluding hydrogens is 368 g/mol. The Bertz CT molecular complexity index is 1260. The maximum Gasteiger partial charge on any atom is 0.295 e. The van der Waals surface area contributed by atoms with Gasteiger partial charge in [0.2, 0.25) is 0 Å². The number of anilines is 1. The molecule has 4 rings (SSSR count). The molecule has 0 aliphatic carbocycles. The molecule has 0 atom stereocenters. The van der Waals surface area contributed by atoms with Crippen molar-refractivity contribution in [3.05, 3.63) is 70.4 Å². The third-order valence-corrected chi connectivity index (χ3v) is 4.98. The molecule has 1 aromatic carbocycles. The van der Waals surface area contributed by atoms with Crippen molar-refractivity contribution in [2.24, 2.45) is 7.05 Å². The molecule has 4 aromatic rings. The van der Waals surface area contributed by atoms with Crippen LogP contribution in [0.5, 0.6) is 0 Å². The van der Waals surface area contributed by atoms with Crippen molar-refractivity contribution in [1.29, 1.82) is 0 Å². The van der Waals surface area contributed by atoms with Crippen molar-refractivity contribution in [2.75, 3.05) is 5.32 Å². The second kappa shape index (κ2) is 7.05. The Balaban J connectivity index is 1.69. The van der Waals surface area contributed by atoms with Crippen molar-refractivity contribution in [3.8, 4) is 5.69 Å². The lowest BCUT2D eigenvalue weighted by atomic mass is 10.2. The summed E-state index contributed by atoms with van der Waals surface area (Å²) in [7, 11) is 1.79. The van der Waals surface area contributed by atoms with Gasteiger partial charge in [-0.25, -0.2) is 14.3 Å². The normalized spacial score (nSPS) is 11.3. The molecule has 0 radical (unpaired) electrons. The third-order valence-electron chi connectivity index (χ3n) is 4.98. The lowest BCUT2D eigenvalue weighted by Crippen LogP contribution is -2.23. The van der Waals surface area contributed by atoms with E-state index in [1.807, 2.05) is 44.2 Å². The first-order chi connectivity index (χ1) is 13.9. The molecule has 8 nitrogen and oxygen atoms in total. The van der Waals surface area contributed by atoms with Crippen LogP contribution >= 0.6 is 0 Å². The number of nitrogens with one attached hydrogen (secondary N) is 1. The van der Waals surface area contributed by atoms with Gasteiger partial charge in [-0.3, -0.25) is 14.3 Å². The number of carbonyl (C=O) groups excluding carboxylic acids is 1. The van der Waals surface area contributed by atoms with Crippen LogP contribution in [-0.4, -0.2) is 30.0 Å². The highest BCUT2D eigenvalue weighted by molar-refractivity contribution is 6.05. The first-order valence-electron chi connectivity index (χ1n) is 9.37. The SMILES string of the molecule is Cc1c(NC(=O)c2cnc3c(cnn3C(C)C)c2)c(=O)n(-c2ccccc2)n1C. The number of rotatable bonds is 4. The summed E-state index contributed by atoms with van der Waals surface area (Å²) in [5.74, 6) is -0.386. The van der Waals surface area contributed by atoms with Crippen molar-refractivity contribution in [1.82, 2.24) is 24.1 Å². The molecule has 1 N–H and O–H groups in total. The molecule has 0 saturated carbocycles. The van der Waals surface area contributed by atoms with Crippen LogP contribution in [0.25, 0.3) is 16.7 Å². The van der Waals surface area contributed by atoms with Gasteiger partial charge < -0.3 is 5.32 Å². The van der Waals surface area contributed by atoms with E-state index >= 15 is 0 Å². The zero-order valence-electron chi connectivity index (χ0n) is 16.7. The quantitative estimate of drug-likeness (QED) is 0.580. The van der Waals surface area contributed by atoms with Crippen LogP contribution in [-0.2, 0) is 7.05 Å². The molecule has 0 fully saturated rings. The van der Waals surface area contributed by atoms with Gasteiger partial charge in [0, 0.05) is 24.7 Å². The Morgan fingerprint density at radius 1 is 1.14 bits per heavy atom. The van der Waals surface area contributed by atoms with Crippen LogP contribution in [0.1, 0.15) is 35.9 Å². The second-order valence-corrected chi connectivity index (χ2v) is 7.21. The molecule has 3 heterocycles. The number of carbonyl (C=O) groups is 1. The number of para-hydroxylation sites is 1. The Hall–Kier alpha value is -3.68. The lowest BCUT2D eigenvalue weighted by molar-refractivity contribution is 0.102. The van der Waals surface area contributed by atoms with Crippen LogP contribution in [0.15, 0.2) is 53.6 Å². The summed E-state index contributed by atoms with van der Waals surface area (Å²) in [6.07, 6.45) is 3.20. The maximum absolute atomic E-state index is 13.0. The summed E-state index contributed by atoms with van der Waals surface area (Å²) in [5.41, 5.74) is 2.45. The highest BCUT2D eigenvalue weighted by Crippen LogP contribution is 2.19. The summed E-state index contributed by atoms with van der Waals surface area (Å²) in [4.78, 5) is 30.2. The van der Waals surface area contributed by atoms with Gasteiger partial charge in [0.05, 0.1) is 23.1 Å². The Kier molecular flexibility index (Phi) is 4.54. The predicted molar refractivity (Wildman–Crippen MR) is 112 cm³/mol. The van der Waals surface area contributed by atoms with E-state index in [-0.39, 0.29) is 23.2 Å². The van der Waals surface area contributed by atoms with Crippen LogP contribution < -0.4 is 10.9 Å². The summed E-state index contributed by atoms with van der Waals surface area (Å²) in [6.45, 7) is 5.83. The minimum absolute atomic E-state index is 0.170. The number of amides is 1. The van der Waals surface area contributed by atoms with Gasteiger partial charge >= 0.3 is 0 Å². The fourth-order valence-electron chi connectivity index (χ4n) is 3.34. The zero-order chi connectivity index (χ0) is 20.7. The van der Waals surface area contributed by atoms with Gasteiger partial charge in [-0.2, -0.15) is 5.10 Å². The summed E-state index contributed by atoms with van der Waals surface area (Å²) in [5, 5.41) is 7.86. The van der Waals surface area contributed by atoms with Crippen molar-refractivity contribution in [3.63, 3.8) is 0 Å². The number of hydrogen-bond donors (Lipinski definition) is 1. The Morgan fingerprint density at radius 2 is 1.86 bits per heavy atom. The standard InChI is InChI=1S/C21H22N6O2/c1-13(2)26-19-15(12-23-26)10-16(11-22-19)20(28)24-18-14(3)25(4)27(21(18)29)17-8-6-5-7-9-17/h5-13H,1-4H3,(H,24,28). The van der Waals surface area contributed by atoms with Crippen molar-refractivity contribution < 1.29 is 4.79 Å². The van der Waals surface area contributed by atoms with Gasteiger partial charge in [0.25, 0.3) is 11.5 Å². The van der Waals surface area contributed by atoms with Gasteiger partial charge in [0.1, 0.15) is 5.69 Å². The molecule has 0 unspecified atom stereocenters. The first kappa shape index (κ1) is 18.7. The van der Waals surface area contributed by atoms with E-state index < -0.39 is 0 Å². The Labute approximate surface area is 167 Å². The van der Waals surface area contributed by atoms with Gasteiger partial charge in [-0.05, 0) is 39.0 Å². The molecule has 3 aromatic heterocycles. The van der Waals surface area contributed by atoms with Gasteiger partial charge in [0.15, 0.2) is 5.65 Å². The summed E-state index contributed by atoms with van der Waals surface area (Å²) >= 11 is 0. The molecule has 8 heteroatoms. The van der Waals surface area contributed by atoms with E-state index in [1.165, 1.54) is 10.9 Å². The maximum atomic E-state index is 13.0. The van der Waals surface area contributed by atoms with E-state index in [1.54, 1.807) is 35.6 Å². The van der Waals surface area contributed by atoms with E-state index in [4.69, 9.17) is 0 Å². The average Bonchev–Trinajstić information content (AvgIpc) is 3.23. The van der Waals surface area contributed by atoms with Crippen molar-refractivity contribution >= 4 is 22.6 Å². The van der Waals surface area contributed by atoms with Crippen LogP contribution in [0.3, 0.4) is 0 Å². The van der Waals surface area contributed by atoms with Crippen LogP contribution in [0, 0.1) is 6.92 Å². The number of nitrogens with zero attached hydrogens (tertiary/aromatic N) is 5. The largest absolute Gasteiger partial charge is 0.316 e. The molecule has 0 saturated heterocycles. The molecule has 1 amide bonds. The number of pyridine rings is 1. The number of fused-ring (bicyclic) bond motifs is 1. The average molecular weight is 390 g/mol. The molecular formula is C21H22N6O2. The lowest BCUT2D eigenvalue weighted by Gasteiger charge is -2.07. The molecule has 0 aliphatic rings. The van der Waals surface area contributed by atoms with E-state index in [9.17, 15) is 9.59 Å². The monoisotopic (exact) mass is 390 g/mol. The second-order valence-electron chi connectivity index (χ2n) is 7.21. The van der Waals surface area contributed by atoms with Crippen molar-refractivity contribution in [2.45, 2.75) is 26.8 Å². The van der Waals surface area contributed by atoms with E-state index in [0.29, 0.717) is 11.3 Å². The number of hydrogen-bond acceptors (Lipinski definition) is 4. The molecule has 0 aliphatic heterocycles. The number of benzene rings is 1. The van der Waals surface area contributed by atoms with E-state index in [0.717, 1.165) is 16.7 Å². The smallest absolute Gasteiger partial charge is 0.295 e. The molecule has 0 bridgehead atoms. The minimum atomic E-state index is -0.386. The van der Waals surface area contributed by atoms with Gasteiger partial charge in [-0.1, -0.05) is 18.2 Å². The fourth-order valence-corrected chi connectivity index (χ4v) is 3.34. The first-order valence-corrected chi connectivity index (χ1v) is 9.37. The van der Waals surface area contributed by atoms with E-state index in [2.05, 4.69) is 15.4 Å². The molecule has 0 spiro atoms.